The smallest absolute Gasteiger partial charge is 0.271 e. The van der Waals surface area contributed by atoms with Crippen LogP contribution in [0.5, 0.6) is 0 Å². The first-order valence-corrected chi connectivity index (χ1v) is 7.85. The number of benzene rings is 1. The molecule has 2 N–H and O–H groups in total. The highest BCUT2D eigenvalue weighted by molar-refractivity contribution is 6.35. The Kier molecular flexibility index (Phi) is 4.09. The highest BCUT2D eigenvalue weighted by Crippen LogP contribution is 2.48. The minimum absolute atomic E-state index is 0.0267. The molecule has 1 aromatic rings. The third-order valence-corrected chi connectivity index (χ3v) is 5.11. The van der Waals surface area contributed by atoms with Crippen LogP contribution in [0.15, 0.2) is 18.2 Å². The number of fused-ring (bicyclic) bond motifs is 2. The molecule has 3 unspecified atom stereocenters. The van der Waals surface area contributed by atoms with E-state index in [4.69, 9.17) is 23.2 Å². The summed E-state index contributed by atoms with van der Waals surface area (Å²) in [7, 11) is 0. The van der Waals surface area contributed by atoms with Crippen LogP contribution < -0.4 is 10.9 Å². The van der Waals surface area contributed by atoms with Gasteiger partial charge in [0, 0.05) is 10.9 Å². The van der Waals surface area contributed by atoms with Crippen molar-refractivity contribution in [3.8, 4) is 0 Å². The van der Waals surface area contributed by atoms with Crippen LogP contribution >= 0.6 is 23.2 Å². The number of hydrazine groups is 1. The van der Waals surface area contributed by atoms with Gasteiger partial charge in [0.15, 0.2) is 0 Å². The molecule has 3 atom stereocenters. The first-order valence-electron chi connectivity index (χ1n) is 7.10. The fraction of sp³-hybridized carbons (Fsp3) is 0.467. The van der Waals surface area contributed by atoms with Gasteiger partial charge in [-0.05, 0) is 49.3 Å². The number of carbonyl (C=O) groups excluding carboxylic acids is 2. The second-order valence-electron chi connectivity index (χ2n) is 5.85. The zero-order chi connectivity index (χ0) is 15.0. The Labute approximate surface area is 133 Å². The Bertz CT molecular complexity index is 591. The monoisotopic (exact) mass is 326 g/mol. The van der Waals surface area contributed by atoms with Gasteiger partial charge in [0.05, 0.1) is 10.6 Å². The summed E-state index contributed by atoms with van der Waals surface area (Å²) in [4.78, 5) is 24.2. The number of hydrogen-bond donors (Lipinski definition) is 2. The zero-order valence-electron chi connectivity index (χ0n) is 11.4. The maximum absolute atomic E-state index is 12.1. The third-order valence-electron chi connectivity index (χ3n) is 4.55. The summed E-state index contributed by atoms with van der Waals surface area (Å²) in [5.41, 5.74) is 5.18. The summed E-state index contributed by atoms with van der Waals surface area (Å²) in [5, 5.41) is 0.718. The van der Waals surface area contributed by atoms with Crippen LogP contribution in [0, 0.1) is 17.8 Å². The molecule has 6 heteroatoms. The lowest BCUT2D eigenvalue weighted by Gasteiger charge is -2.20. The van der Waals surface area contributed by atoms with Crippen molar-refractivity contribution in [1.82, 2.24) is 10.9 Å². The van der Waals surface area contributed by atoms with E-state index in [9.17, 15) is 9.59 Å². The molecule has 0 aromatic heterocycles. The maximum atomic E-state index is 12.1. The summed E-state index contributed by atoms with van der Waals surface area (Å²) in [6, 6.07) is 4.63. The average molecular weight is 327 g/mol. The van der Waals surface area contributed by atoms with Crippen LogP contribution in [-0.2, 0) is 4.79 Å². The van der Waals surface area contributed by atoms with Crippen molar-refractivity contribution in [2.45, 2.75) is 25.7 Å². The molecular formula is C15H16Cl2N2O2. The van der Waals surface area contributed by atoms with Gasteiger partial charge in [-0.1, -0.05) is 29.6 Å². The Morgan fingerprint density at radius 1 is 1.10 bits per heavy atom. The molecule has 0 saturated heterocycles. The van der Waals surface area contributed by atoms with E-state index in [1.807, 2.05) is 0 Å². The molecule has 0 aliphatic heterocycles. The first kappa shape index (κ1) is 14.7. The van der Waals surface area contributed by atoms with E-state index in [1.54, 1.807) is 12.1 Å². The third kappa shape index (κ3) is 3.01. The fourth-order valence-electron chi connectivity index (χ4n) is 3.52. The van der Waals surface area contributed by atoms with E-state index in [-0.39, 0.29) is 17.4 Å². The molecule has 2 fully saturated rings. The van der Waals surface area contributed by atoms with Gasteiger partial charge in [0.1, 0.15) is 0 Å². The van der Waals surface area contributed by atoms with E-state index >= 15 is 0 Å². The van der Waals surface area contributed by atoms with E-state index in [0.29, 0.717) is 21.9 Å². The highest BCUT2D eigenvalue weighted by atomic mass is 35.5. The standard InChI is InChI=1S/C15H16Cl2N2O2/c16-10-3-4-13(17)12(7-10)15(21)19-18-14(20)11-6-8-1-2-9(11)5-8/h3-4,7-9,11H,1-2,5-6H2,(H,18,20)(H,19,21). The van der Waals surface area contributed by atoms with Crippen LogP contribution in [0.25, 0.3) is 0 Å². The van der Waals surface area contributed by atoms with Gasteiger partial charge in [-0.25, -0.2) is 0 Å². The molecule has 21 heavy (non-hydrogen) atoms. The van der Waals surface area contributed by atoms with Crippen molar-refractivity contribution in [2.75, 3.05) is 0 Å². The van der Waals surface area contributed by atoms with Crippen LogP contribution in [-0.4, -0.2) is 11.8 Å². The van der Waals surface area contributed by atoms with Gasteiger partial charge in [0.2, 0.25) is 5.91 Å². The van der Waals surface area contributed by atoms with Gasteiger partial charge in [-0.2, -0.15) is 0 Å². The van der Waals surface area contributed by atoms with E-state index in [1.165, 1.54) is 12.5 Å². The summed E-state index contributed by atoms with van der Waals surface area (Å²) in [6.07, 6.45) is 4.44. The zero-order valence-corrected chi connectivity index (χ0v) is 12.9. The normalized spacial score (nSPS) is 26.7. The molecular weight excluding hydrogens is 311 g/mol. The number of halogens is 2. The Hall–Kier alpha value is -1.26. The minimum atomic E-state index is -0.459. The summed E-state index contributed by atoms with van der Waals surface area (Å²) < 4.78 is 0. The number of nitrogens with one attached hydrogen (secondary N) is 2. The number of carbonyl (C=O) groups is 2. The van der Waals surface area contributed by atoms with Crippen molar-refractivity contribution in [2.24, 2.45) is 17.8 Å². The second-order valence-corrected chi connectivity index (χ2v) is 6.69. The van der Waals surface area contributed by atoms with Crippen LogP contribution in [0.2, 0.25) is 10.0 Å². The molecule has 2 bridgehead atoms. The Balaban J connectivity index is 1.58. The summed E-state index contributed by atoms with van der Waals surface area (Å²) in [5.74, 6) is 0.622. The molecule has 0 radical (unpaired) electrons. The quantitative estimate of drug-likeness (QED) is 0.820. The van der Waals surface area contributed by atoms with Crippen LogP contribution in [0.4, 0.5) is 0 Å². The van der Waals surface area contributed by atoms with Crippen molar-refractivity contribution in [1.29, 1.82) is 0 Å². The highest BCUT2D eigenvalue weighted by Gasteiger charge is 2.43. The molecule has 3 rings (SSSR count). The topological polar surface area (TPSA) is 58.2 Å². The van der Waals surface area contributed by atoms with E-state index in [2.05, 4.69) is 10.9 Å². The summed E-state index contributed by atoms with van der Waals surface area (Å²) in [6.45, 7) is 0. The molecule has 2 amide bonds. The van der Waals surface area contributed by atoms with E-state index < -0.39 is 5.91 Å². The maximum Gasteiger partial charge on any atom is 0.271 e. The molecule has 1 aromatic carbocycles. The average Bonchev–Trinajstić information content (AvgIpc) is 3.09. The van der Waals surface area contributed by atoms with Gasteiger partial charge >= 0.3 is 0 Å². The fourth-order valence-corrected chi connectivity index (χ4v) is 3.89. The molecule has 2 saturated carbocycles. The van der Waals surface area contributed by atoms with Crippen molar-refractivity contribution in [3.05, 3.63) is 33.8 Å². The van der Waals surface area contributed by atoms with Gasteiger partial charge in [0.25, 0.3) is 5.91 Å². The second kappa shape index (κ2) is 5.85. The van der Waals surface area contributed by atoms with Gasteiger partial charge in [-0.15, -0.1) is 0 Å². The van der Waals surface area contributed by atoms with Crippen molar-refractivity contribution in [3.63, 3.8) is 0 Å². The lowest BCUT2D eigenvalue weighted by Crippen LogP contribution is -2.45. The Morgan fingerprint density at radius 3 is 2.57 bits per heavy atom. The summed E-state index contributed by atoms with van der Waals surface area (Å²) >= 11 is 11.8. The molecule has 112 valence electrons. The minimum Gasteiger partial charge on any atom is -0.273 e. The SMILES string of the molecule is O=C(NNC(=O)C1CC2CCC1C2)c1cc(Cl)ccc1Cl. The van der Waals surface area contributed by atoms with E-state index in [0.717, 1.165) is 19.3 Å². The van der Waals surface area contributed by atoms with Crippen molar-refractivity contribution >= 4 is 35.0 Å². The van der Waals surface area contributed by atoms with Crippen molar-refractivity contribution < 1.29 is 9.59 Å². The first-order chi connectivity index (χ1) is 10.0. The molecule has 2 aliphatic rings. The molecule has 0 spiro atoms. The predicted molar refractivity (Wildman–Crippen MR) is 81.0 cm³/mol. The number of hydrogen-bond acceptors (Lipinski definition) is 2. The molecule has 0 heterocycles. The number of amides is 2. The van der Waals surface area contributed by atoms with Gasteiger partial charge in [-0.3, -0.25) is 20.4 Å². The lowest BCUT2D eigenvalue weighted by atomic mass is 9.88. The predicted octanol–water partition coefficient (Wildman–Crippen LogP) is 3.19. The molecule has 2 aliphatic carbocycles. The largest absolute Gasteiger partial charge is 0.273 e. The van der Waals surface area contributed by atoms with Crippen LogP contribution in [0.1, 0.15) is 36.0 Å². The number of rotatable bonds is 2. The lowest BCUT2D eigenvalue weighted by molar-refractivity contribution is -0.127. The molecule has 4 nitrogen and oxygen atoms in total. The van der Waals surface area contributed by atoms with Crippen LogP contribution in [0.3, 0.4) is 0 Å². The van der Waals surface area contributed by atoms with Gasteiger partial charge < -0.3 is 0 Å². The Morgan fingerprint density at radius 2 is 1.90 bits per heavy atom.